The minimum absolute atomic E-state index is 0.0195. The molecule has 8 heteroatoms. The second-order valence-corrected chi connectivity index (χ2v) is 6.40. The summed E-state index contributed by atoms with van der Waals surface area (Å²) in [4.78, 5) is 43.7. The normalized spacial score (nSPS) is 14.0. The number of ketones is 1. The van der Waals surface area contributed by atoms with Crippen LogP contribution in [0.2, 0.25) is 0 Å². The summed E-state index contributed by atoms with van der Waals surface area (Å²) in [6, 6.07) is 5.06. The molecule has 7 nitrogen and oxygen atoms in total. The van der Waals surface area contributed by atoms with Gasteiger partial charge >= 0.3 is 5.69 Å². The lowest BCUT2D eigenvalue weighted by Crippen LogP contribution is -2.22. The van der Waals surface area contributed by atoms with Gasteiger partial charge in [-0.2, -0.15) is 0 Å². The van der Waals surface area contributed by atoms with Gasteiger partial charge in [0.15, 0.2) is 10.9 Å². The molecule has 1 aliphatic rings. The quantitative estimate of drug-likeness (QED) is 0.750. The maximum atomic E-state index is 12.3. The van der Waals surface area contributed by atoms with E-state index in [4.69, 9.17) is 0 Å². The van der Waals surface area contributed by atoms with E-state index in [1.807, 2.05) is 0 Å². The first-order chi connectivity index (χ1) is 11.1. The number of rotatable bonds is 2. The summed E-state index contributed by atoms with van der Waals surface area (Å²) in [5, 5.41) is 3.04. The average molecular weight is 328 g/mol. The van der Waals surface area contributed by atoms with E-state index >= 15 is 0 Å². The van der Waals surface area contributed by atoms with Crippen molar-refractivity contribution in [1.82, 2.24) is 14.4 Å². The Morgan fingerprint density at radius 2 is 2.22 bits per heavy atom. The Morgan fingerprint density at radius 1 is 1.35 bits per heavy atom. The van der Waals surface area contributed by atoms with E-state index in [1.165, 1.54) is 15.7 Å². The fraction of sp³-hybridized carbons (Fsp3) is 0.200. The third-order valence-electron chi connectivity index (χ3n) is 3.77. The van der Waals surface area contributed by atoms with Gasteiger partial charge in [-0.3, -0.25) is 19.3 Å². The van der Waals surface area contributed by atoms with Gasteiger partial charge in [0.25, 0.3) is 5.91 Å². The first kappa shape index (κ1) is 13.9. The van der Waals surface area contributed by atoms with E-state index in [0.717, 1.165) is 17.7 Å². The second-order valence-electron chi connectivity index (χ2n) is 5.31. The van der Waals surface area contributed by atoms with E-state index in [1.54, 1.807) is 24.4 Å². The Hall–Kier alpha value is -2.74. The Bertz CT molecular complexity index is 998. The molecule has 23 heavy (non-hydrogen) atoms. The smallest absolute Gasteiger partial charge is 0.302 e. The van der Waals surface area contributed by atoms with Crippen LogP contribution < -0.4 is 11.0 Å². The standard InChI is InChI=1S/C15H12N4O3S/c20-10-4-1-5-11-12(10)17-14(23-11)18-13(21)9-7-8-3-2-6-19(8)15(22)16-9/h2-3,6-7H,1,4-5H2,(H,16,22)(H,17,18,21). The third-order valence-corrected chi connectivity index (χ3v) is 4.80. The first-order valence-corrected chi connectivity index (χ1v) is 7.98. The van der Waals surface area contributed by atoms with Gasteiger partial charge in [-0.25, -0.2) is 9.78 Å². The maximum absolute atomic E-state index is 12.3. The Balaban J connectivity index is 1.64. The Labute approximate surface area is 134 Å². The molecule has 1 amide bonds. The van der Waals surface area contributed by atoms with Crippen LogP contribution in [0.4, 0.5) is 5.13 Å². The number of carbonyl (C=O) groups is 2. The fourth-order valence-corrected chi connectivity index (χ4v) is 3.68. The van der Waals surface area contributed by atoms with Gasteiger partial charge in [0.05, 0.1) is 5.52 Å². The number of nitrogens with zero attached hydrogens (tertiary/aromatic N) is 2. The minimum Gasteiger partial charge on any atom is -0.302 e. The molecule has 0 bridgehead atoms. The van der Waals surface area contributed by atoms with E-state index in [9.17, 15) is 14.4 Å². The molecule has 3 aromatic heterocycles. The number of aryl methyl sites for hydroxylation is 1. The van der Waals surface area contributed by atoms with Crippen molar-refractivity contribution in [1.29, 1.82) is 0 Å². The monoisotopic (exact) mass is 328 g/mol. The highest BCUT2D eigenvalue weighted by Gasteiger charge is 2.23. The summed E-state index contributed by atoms with van der Waals surface area (Å²) in [5.74, 6) is -0.435. The molecular weight excluding hydrogens is 316 g/mol. The summed E-state index contributed by atoms with van der Waals surface area (Å²) in [5.41, 5.74) is 0.867. The molecule has 1 aliphatic carbocycles. The van der Waals surface area contributed by atoms with Crippen LogP contribution in [0, 0.1) is 0 Å². The van der Waals surface area contributed by atoms with Crippen molar-refractivity contribution in [3.8, 4) is 0 Å². The van der Waals surface area contributed by atoms with Crippen molar-refractivity contribution in [3.63, 3.8) is 0 Å². The van der Waals surface area contributed by atoms with Crippen LogP contribution in [0.15, 0.2) is 29.2 Å². The molecule has 0 unspecified atom stereocenters. The zero-order valence-corrected chi connectivity index (χ0v) is 12.8. The van der Waals surface area contributed by atoms with Gasteiger partial charge in [-0.1, -0.05) is 0 Å². The number of hydrogen-bond acceptors (Lipinski definition) is 5. The van der Waals surface area contributed by atoms with Crippen molar-refractivity contribution in [2.24, 2.45) is 0 Å². The highest BCUT2D eigenvalue weighted by atomic mass is 32.1. The lowest BCUT2D eigenvalue weighted by molar-refractivity contribution is 0.0966. The molecule has 4 rings (SSSR count). The van der Waals surface area contributed by atoms with E-state index in [0.29, 0.717) is 22.8 Å². The molecule has 3 heterocycles. The summed E-state index contributed by atoms with van der Waals surface area (Å²) >= 11 is 1.31. The number of aromatic nitrogens is 3. The van der Waals surface area contributed by atoms with Crippen molar-refractivity contribution >= 4 is 33.7 Å². The van der Waals surface area contributed by atoms with Gasteiger partial charge in [-0.05, 0) is 31.0 Å². The molecule has 3 aromatic rings. The van der Waals surface area contributed by atoms with Crippen LogP contribution in [0.1, 0.15) is 38.7 Å². The summed E-state index contributed by atoms with van der Waals surface area (Å²) < 4.78 is 1.41. The Kier molecular flexibility index (Phi) is 3.12. The molecule has 0 fully saturated rings. The predicted molar refractivity (Wildman–Crippen MR) is 85.4 cm³/mol. The lowest BCUT2D eigenvalue weighted by Gasteiger charge is -2.05. The first-order valence-electron chi connectivity index (χ1n) is 7.16. The highest BCUT2D eigenvalue weighted by Crippen LogP contribution is 2.29. The molecule has 0 saturated carbocycles. The molecule has 2 N–H and O–H groups in total. The number of carbonyl (C=O) groups excluding carboxylic acids is 2. The molecule has 0 saturated heterocycles. The topological polar surface area (TPSA) is 96.3 Å². The van der Waals surface area contributed by atoms with Crippen molar-refractivity contribution in [2.75, 3.05) is 5.32 Å². The number of nitrogens with one attached hydrogen (secondary N) is 2. The summed E-state index contributed by atoms with van der Waals surface area (Å²) in [6.07, 6.45) is 3.75. The van der Waals surface area contributed by atoms with Crippen LogP contribution >= 0.6 is 11.3 Å². The van der Waals surface area contributed by atoms with Crippen LogP contribution in [0.5, 0.6) is 0 Å². The molecule has 0 aliphatic heterocycles. The van der Waals surface area contributed by atoms with Crippen molar-refractivity contribution in [3.05, 3.63) is 51.1 Å². The number of fused-ring (bicyclic) bond motifs is 2. The van der Waals surface area contributed by atoms with E-state index < -0.39 is 5.91 Å². The zero-order chi connectivity index (χ0) is 16.0. The van der Waals surface area contributed by atoms with Gasteiger partial charge in [-0.15, -0.1) is 11.3 Å². The van der Waals surface area contributed by atoms with Gasteiger partial charge < -0.3 is 4.98 Å². The van der Waals surface area contributed by atoms with Crippen molar-refractivity contribution < 1.29 is 9.59 Å². The number of aromatic amines is 1. The van der Waals surface area contributed by atoms with Gasteiger partial charge in [0, 0.05) is 17.5 Å². The van der Waals surface area contributed by atoms with Crippen LogP contribution in [0.25, 0.3) is 5.52 Å². The Morgan fingerprint density at radius 3 is 3.04 bits per heavy atom. The maximum Gasteiger partial charge on any atom is 0.330 e. The average Bonchev–Trinajstić information content (AvgIpc) is 3.14. The number of anilines is 1. The molecule has 0 atom stereocenters. The van der Waals surface area contributed by atoms with Gasteiger partial charge in [0.1, 0.15) is 11.4 Å². The molecule has 0 aromatic carbocycles. The zero-order valence-electron chi connectivity index (χ0n) is 12.0. The number of amides is 1. The van der Waals surface area contributed by atoms with E-state index in [-0.39, 0.29) is 17.2 Å². The largest absolute Gasteiger partial charge is 0.330 e. The highest BCUT2D eigenvalue weighted by molar-refractivity contribution is 7.16. The molecule has 0 spiro atoms. The number of Topliss-reactive ketones (excluding diaryl/α,β-unsaturated/α-hetero) is 1. The number of thiazole rings is 1. The molecule has 0 radical (unpaired) electrons. The third kappa shape index (κ3) is 2.36. The summed E-state index contributed by atoms with van der Waals surface area (Å²) in [7, 11) is 0. The SMILES string of the molecule is O=C(Nc1nc2c(s1)CCCC2=O)c1cc2cccn2c(=O)[nH]1. The predicted octanol–water partition coefficient (Wildman–Crippen LogP) is 1.86. The minimum atomic E-state index is -0.454. The van der Waals surface area contributed by atoms with E-state index in [2.05, 4.69) is 15.3 Å². The fourth-order valence-electron chi connectivity index (χ4n) is 2.66. The second kappa shape index (κ2) is 5.17. The van der Waals surface area contributed by atoms with Gasteiger partial charge in [0.2, 0.25) is 0 Å². The molecule has 116 valence electrons. The number of hydrogen-bond donors (Lipinski definition) is 2. The number of H-pyrrole nitrogens is 1. The molecular formula is C15H12N4O3S. The van der Waals surface area contributed by atoms with Crippen LogP contribution in [-0.4, -0.2) is 26.1 Å². The summed E-state index contributed by atoms with van der Waals surface area (Å²) in [6.45, 7) is 0. The van der Waals surface area contributed by atoms with Crippen LogP contribution in [0.3, 0.4) is 0 Å². The lowest BCUT2D eigenvalue weighted by atomic mass is 10.0. The van der Waals surface area contributed by atoms with Crippen LogP contribution in [-0.2, 0) is 6.42 Å². The van der Waals surface area contributed by atoms with Crippen molar-refractivity contribution in [2.45, 2.75) is 19.3 Å².